The van der Waals surface area contributed by atoms with Crippen LogP contribution in [0.15, 0.2) is 36.4 Å². The summed E-state index contributed by atoms with van der Waals surface area (Å²) >= 11 is 0. The van der Waals surface area contributed by atoms with E-state index >= 15 is 0 Å². The Labute approximate surface area is 88.4 Å². The Morgan fingerprint density at radius 2 is 1.80 bits per heavy atom. The van der Waals surface area contributed by atoms with E-state index < -0.39 is 0 Å². The maximum atomic E-state index is 5.43. The van der Waals surface area contributed by atoms with Crippen molar-refractivity contribution in [2.75, 3.05) is 13.2 Å². The van der Waals surface area contributed by atoms with Crippen LogP contribution in [-0.4, -0.2) is 13.2 Å². The van der Waals surface area contributed by atoms with Crippen LogP contribution < -0.4 is 0 Å². The minimum atomic E-state index is -0.227. The first-order valence-electron chi connectivity index (χ1n) is 5.08. The number of fused-ring (bicyclic) bond motifs is 1. The van der Waals surface area contributed by atoms with E-state index in [1.807, 2.05) is 24.3 Å². The molecule has 0 spiro atoms. The molecule has 0 unspecified atom stereocenters. The molecule has 3 rings (SSSR count). The Morgan fingerprint density at radius 3 is 2.67 bits per heavy atom. The summed E-state index contributed by atoms with van der Waals surface area (Å²) in [4.78, 5) is 0. The van der Waals surface area contributed by atoms with Crippen molar-refractivity contribution in [3.05, 3.63) is 48.0 Å². The van der Waals surface area contributed by atoms with Crippen molar-refractivity contribution in [2.24, 2.45) is 0 Å². The van der Waals surface area contributed by atoms with Crippen molar-refractivity contribution in [1.82, 2.24) is 0 Å². The maximum absolute atomic E-state index is 5.43. The van der Waals surface area contributed by atoms with Gasteiger partial charge in [0.15, 0.2) is 6.29 Å². The van der Waals surface area contributed by atoms with Gasteiger partial charge in [0.1, 0.15) is 0 Å². The summed E-state index contributed by atoms with van der Waals surface area (Å²) in [5.74, 6) is 0. The lowest BCUT2D eigenvalue weighted by Gasteiger charge is -2.09. The molecule has 2 nitrogen and oxygen atoms in total. The summed E-state index contributed by atoms with van der Waals surface area (Å²) in [6.07, 6.45) is -0.227. The largest absolute Gasteiger partial charge is 0.346 e. The van der Waals surface area contributed by atoms with Crippen LogP contribution in [0.4, 0.5) is 0 Å². The van der Waals surface area contributed by atoms with Crippen molar-refractivity contribution in [1.29, 1.82) is 0 Å². The van der Waals surface area contributed by atoms with Crippen LogP contribution >= 0.6 is 0 Å². The van der Waals surface area contributed by atoms with Crippen LogP contribution in [0.25, 0.3) is 10.8 Å². The van der Waals surface area contributed by atoms with Gasteiger partial charge in [-0.15, -0.1) is 0 Å². The molecule has 2 heteroatoms. The number of benzene rings is 2. The van der Waals surface area contributed by atoms with E-state index in [-0.39, 0.29) is 6.29 Å². The zero-order chi connectivity index (χ0) is 10.1. The van der Waals surface area contributed by atoms with Gasteiger partial charge in [-0.25, -0.2) is 0 Å². The molecule has 2 aromatic rings. The third kappa shape index (κ3) is 1.62. The zero-order valence-corrected chi connectivity index (χ0v) is 8.27. The Bertz CT molecular complexity index is 473. The van der Waals surface area contributed by atoms with E-state index in [2.05, 4.69) is 18.2 Å². The normalized spacial score (nSPS) is 17.3. The van der Waals surface area contributed by atoms with Gasteiger partial charge in [0.25, 0.3) is 0 Å². The second kappa shape index (κ2) is 3.65. The van der Waals surface area contributed by atoms with E-state index in [4.69, 9.17) is 9.47 Å². The highest BCUT2D eigenvalue weighted by atomic mass is 16.7. The first-order valence-corrected chi connectivity index (χ1v) is 5.08. The van der Waals surface area contributed by atoms with E-state index in [0.29, 0.717) is 13.2 Å². The van der Waals surface area contributed by atoms with Gasteiger partial charge < -0.3 is 9.47 Å². The first-order chi connectivity index (χ1) is 7.43. The van der Waals surface area contributed by atoms with E-state index in [1.54, 1.807) is 0 Å². The average molecular weight is 199 g/mol. The molecule has 0 atom stereocenters. The standard InChI is InChI=1S/C13H11O2/c1-2-4-11-9-12(6-5-10(11)3-1)13-14-7-8-15-13/h1-6,13H,7-8H2. The predicted octanol–water partition coefficient (Wildman–Crippen LogP) is 2.69. The molecule has 2 aromatic carbocycles. The quantitative estimate of drug-likeness (QED) is 0.703. The molecule has 0 bridgehead atoms. The third-order valence-corrected chi connectivity index (χ3v) is 2.56. The smallest absolute Gasteiger partial charge is 0.184 e. The predicted molar refractivity (Wildman–Crippen MR) is 57.4 cm³/mol. The summed E-state index contributed by atoms with van der Waals surface area (Å²) in [5, 5.41) is 2.30. The highest BCUT2D eigenvalue weighted by Gasteiger charge is 2.18. The van der Waals surface area contributed by atoms with Gasteiger partial charge in [-0.3, -0.25) is 0 Å². The Balaban J connectivity index is 2.05. The van der Waals surface area contributed by atoms with Crippen molar-refractivity contribution in [2.45, 2.75) is 6.29 Å². The van der Waals surface area contributed by atoms with Gasteiger partial charge in [-0.05, 0) is 16.8 Å². The molecule has 1 saturated heterocycles. The fourth-order valence-electron chi connectivity index (χ4n) is 1.81. The van der Waals surface area contributed by atoms with Crippen LogP contribution in [0.1, 0.15) is 11.9 Å². The molecule has 0 aromatic heterocycles. The summed E-state index contributed by atoms with van der Waals surface area (Å²) < 4.78 is 10.9. The molecule has 1 aliphatic rings. The van der Waals surface area contributed by atoms with Crippen LogP contribution in [0.3, 0.4) is 0 Å². The van der Waals surface area contributed by atoms with Crippen LogP contribution in [0.2, 0.25) is 0 Å². The molecule has 0 aliphatic carbocycles. The fourth-order valence-corrected chi connectivity index (χ4v) is 1.81. The summed E-state index contributed by atoms with van der Waals surface area (Å²) in [5.41, 5.74) is 0.978. The molecule has 75 valence electrons. The van der Waals surface area contributed by atoms with Crippen molar-refractivity contribution in [3.8, 4) is 0 Å². The minimum absolute atomic E-state index is 0.227. The van der Waals surface area contributed by atoms with E-state index in [0.717, 1.165) is 10.9 Å². The second-order valence-electron chi connectivity index (χ2n) is 3.57. The fraction of sp³-hybridized carbons (Fsp3) is 0.231. The van der Waals surface area contributed by atoms with Crippen LogP contribution in [-0.2, 0) is 9.47 Å². The highest BCUT2D eigenvalue weighted by Crippen LogP contribution is 2.25. The average Bonchev–Trinajstić information content (AvgIpc) is 2.82. The monoisotopic (exact) mass is 199 g/mol. The second-order valence-corrected chi connectivity index (χ2v) is 3.57. The highest BCUT2D eigenvalue weighted by molar-refractivity contribution is 5.82. The maximum Gasteiger partial charge on any atom is 0.184 e. The van der Waals surface area contributed by atoms with E-state index in [1.165, 1.54) is 5.39 Å². The molecule has 0 amide bonds. The van der Waals surface area contributed by atoms with Crippen molar-refractivity contribution in [3.63, 3.8) is 0 Å². The van der Waals surface area contributed by atoms with Gasteiger partial charge in [-0.1, -0.05) is 36.4 Å². The number of ether oxygens (including phenoxy) is 2. The third-order valence-electron chi connectivity index (χ3n) is 2.56. The minimum Gasteiger partial charge on any atom is -0.346 e. The molecule has 1 aliphatic heterocycles. The molecule has 15 heavy (non-hydrogen) atoms. The van der Waals surface area contributed by atoms with Gasteiger partial charge >= 0.3 is 0 Å². The lowest BCUT2D eigenvalue weighted by atomic mass is 10.1. The Morgan fingerprint density at radius 1 is 1.00 bits per heavy atom. The van der Waals surface area contributed by atoms with Crippen LogP contribution in [0.5, 0.6) is 0 Å². The lowest BCUT2D eigenvalue weighted by molar-refractivity contribution is -0.0442. The van der Waals surface area contributed by atoms with Crippen molar-refractivity contribution < 1.29 is 9.47 Å². The number of hydrogen-bond acceptors (Lipinski definition) is 2. The number of rotatable bonds is 1. The number of hydrogen-bond donors (Lipinski definition) is 0. The summed E-state index contributed by atoms with van der Waals surface area (Å²) in [6, 6.07) is 15.6. The van der Waals surface area contributed by atoms with Gasteiger partial charge in [-0.2, -0.15) is 0 Å². The molecular weight excluding hydrogens is 188 g/mol. The molecule has 1 heterocycles. The molecule has 0 saturated carbocycles. The first kappa shape index (κ1) is 8.89. The topological polar surface area (TPSA) is 18.5 Å². The summed E-state index contributed by atoms with van der Waals surface area (Å²) in [6.45, 7) is 1.34. The van der Waals surface area contributed by atoms with Gasteiger partial charge in [0.05, 0.1) is 13.2 Å². The van der Waals surface area contributed by atoms with Crippen molar-refractivity contribution >= 4 is 10.8 Å². The Kier molecular flexibility index (Phi) is 2.16. The summed E-state index contributed by atoms with van der Waals surface area (Å²) in [7, 11) is 0. The van der Waals surface area contributed by atoms with Gasteiger partial charge in [0.2, 0.25) is 0 Å². The van der Waals surface area contributed by atoms with Crippen LogP contribution in [0, 0.1) is 6.07 Å². The van der Waals surface area contributed by atoms with E-state index in [9.17, 15) is 0 Å². The molecule has 1 fully saturated rings. The Hall–Kier alpha value is -1.38. The molecule has 0 N–H and O–H groups in total. The molecular formula is C13H11O2. The zero-order valence-electron chi connectivity index (χ0n) is 8.27. The van der Waals surface area contributed by atoms with Gasteiger partial charge in [0, 0.05) is 5.56 Å². The molecule has 1 radical (unpaired) electrons. The SMILES string of the molecule is [c]1c(C2OCCO2)ccc2ccccc12. The lowest BCUT2D eigenvalue weighted by Crippen LogP contribution is -1.97.